The number of nitrogens with zero attached hydrogens (tertiary/aromatic N) is 2. The Kier molecular flexibility index (Phi) is 10.1. The molecule has 0 aliphatic heterocycles. The van der Waals surface area contributed by atoms with Crippen molar-refractivity contribution < 1.29 is 24.4 Å². The van der Waals surface area contributed by atoms with Crippen molar-refractivity contribution >= 4 is 35.6 Å². The van der Waals surface area contributed by atoms with Gasteiger partial charge in [-0.15, -0.1) is 24.0 Å². The summed E-state index contributed by atoms with van der Waals surface area (Å²) in [5, 5.41) is 28.9. The predicted molar refractivity (Wildman–Crippen MR) is 82.8 cm³/mol. The van der Waals surface area contributed by atoms with E-state index in [4.69, 9.17) is 5.11 Å². The molecule has 0 spiro atoms. The molecule has 1 rings (SSSR count). The second-order valence-corrected chi connectivity index (χ2v) is 4.80. The molecule has 20 heavy (non-hydrogen) atoms. The number of hydrogen-bond donors (Lipinski definition) is 1. The average molecular weight is 398 g/mol. The number of carbonyl (C=O) groups is 1. The lowest BCUT2D eigenvalue weighted by Crippen LogP contribution is -2.36. The highest BCUT2D eigenvalue weighted by atomic mass is 127. The second-order valence-electron chi connectivity index (χ2n) is 4.80. The number of likely N-dealkylation sites (N-methyl/N-ethyl adjacent to an activating group) is 1. The maximum atomic E-state index is 10.3. The van der Waals surface area contributed by atoms with Crippen molar-refractivity contribution in [2.45, 2.75) is 0 Å². The van der Waals surface area contributed by atoms with E-state index in [0.717, 1.165) is 23.2 Å². The van der Waals surface area contributed by atoms with Gasteiger partial charge in [-0.05, 0) is 6.07 Å². The molecule has 0 atom stereocenters. The van der Waals surface area contributed by atoms with Gasteiger partial charge < -0.3 is 19.5 Å². The first-order chi connectivity index (χ1) is 8.69. The zero-order chi connectivity index (χ0) is 15.1. The summed E-state index contributed by atoms with van der Waals surface area (Å²) in [6.45, 7) is 1.11. The van der Waals surface area contributed by atoms with Gasteiger partial charge in [-0.2, -0.15) is 0 Å². The molecular weight excluding hydrogens is 379 g/mol. The fourth-order valence-electron chi connectivity index (χ4n) is 1.11. The predicted octanol–water partition coefficient (Wildman–Crippen LogP) is 0.261. The van der Waals surface area contributed by atoms with Crippen LogP contribution in [-0.4, -0.2) is 54.8 Å². The molecule has 8 heteroatoms. The van der Waals surface area contributed by atoms with Crippen LogP contribution in [0.1, 0.15) is 10.4 Å². The summed E-state index contributed by atoms with van der Waals surface area (Å²) < 4.78 is 0.844. The topological polar surface area (TPSA) is 104 Å². The summed E-state index contributed by atoms with van der Waals surface area (Å²) in [6.07, 6.45) is 0. The molecular formula is C12H19IN2O5. The molecule has 0 aromatic heterocycles. The smallest absolute Gasteiger partial charge is 0.278 e. The lowest BCUT2D eigenvalue weighted by atomic mass is 10.2. The van der Waals surface area contributed by atoms with E-state index < -0.39 is 22.1 Å². The number of carboxylic acids is 1. The summed E-state index contributed by atoms with van der Waals surface area (Å²) in [4.78, 5) is 19.8. The number of para-hydroxylation sites is 1. The molecule has 7 nitrogen and oxygen atoms in total. The number of aliphatic hydroxyl groups is 1. The van der Waals surface area contributed by atoms with E-state index in [9.17, 15) is 20.0 Å². The van der Waals surface area contributed by atoms with Crippen LogP contribution < -0.4 is 5.11 Å². The lowest BCUT2D eigenvalue weighted by Gasteiger charge is -2.21. The number of nitro groups is 1. The highest BCUT2D eigenvalue weighted by Gasteiger charge is 2.11. The average Bonchev–Trinajstić information content (AvgIpc) is 2.28. The number of benzene rings is 1. The van der Waals surface area contributed by atoms with Crippen LogP contribution in [-0.2, 0) is 0 Å². The molecule has 0 aliphatic rings. The van der Waals surface area contributed by atoms with Crippen LogP contribution in [0, 0.1) is 10.1 Å². The molecule has 0 heterocycles. The van der Waals surface area contributed by atoms with Crippen LogP contribution in [0.5, 0.6) is 0 Å². The minimum atomic E-state index is -1.54. The van der Waals surface area contributed by atoms with Gasteiger partial charge in [0.1, 0.15) is 6.54 Å². The summed E-state index contributed by atoms with van der Waals surface area (Å²) >= 11 is 0. The molecule has 0 fully saturated rings. The van der Waals surface area contributed by atoms with Crippen molar-refractivity contribution in [3.8, 4) is 0 Å². The van der Waals surface area contributed by atoms with E-state index in [0.29, 0.717) is 0 Å². The number of quaternary nitrogens is 1. The van der Waals surface area contributed by atoms with Crippen molar-refractivity contribution in [2.75, 3.05) is 34.3 Å². The van der Waals surface area contributed by atoms with Crippen molar-refractivity contribution in [2.24, 2.45) is 0 Å². The second kappa shape index (κ2) is 9.61. The molecule has 0 saturated heterocycles. The normalized spacial score (nSPS) is 9.80. The van der Waals surface area contributed by atoms with Gasteiger partial charge in [-0.3, -0.25) is 10.1 Å². The molecule has 0 aliphatic carbocycles. The number of hydrogen-bond acceptors (Lipinski definition) is 5. The largest absolute Gasteiger partial charge is 0.545 e. The fourth-order valence-corrected chi connectivity index (χ4v) is 1.11. The summed E-state index contributed by atoms with van der Waals surface area (Å²) in [5.41, 5.74) is -0.847. The maximum Gasteiger partial charge on any atom is 0.278 e. The molecule has 0 radical (unpaired) electrons. The van der Waals surface area contributed by atoms with Crippen LogP contribution in [0.25, 0.3) is 0 Å². The van der Waals surface area contributed by atoms with Crippen molar-refractivity contribution in [3.05, 3.63) is 39.9 Å². The molecule has 0 unspecified atom stereocenters. The SMILES string of the molecule is C[N+](C)(C)CCO.I.O=C([O-])c1ccccc1[N+](=O)[O-]. The Bertz CT molecular complexity index is 413. The van der Waals surface area contributed by atoms with E-state index in [1.165, 1.54) is 12.1 Å². The van der Waals surface area contributed by atoms with E-state index >= 15 is 0 Å². The van der Waals surface area contributed by atoms with Gasteiger partial charge in [0.25, 0.3) is 5.69 Å². The van der Waals surface area contributed by atoms with Crippen LogP contribution >= 0.6 is 24.0 Å². The number of nitro benzene ring substituents is 1. The zero-order valence-corrected chi connectivity index (χ0v) is 13.9. The number of rotatable bonds is 4. The molecule has 0 bridgehead atoms. The van der Waals surface area contributed by atoms with Gasteiger partial charge >= 0.3 is 0 Å². The van der Waals surface area contributed by atoms with Crippen molar-refractivity contribution in [1.82, 2.24) is 0 Å². The van der Waals surface area contributed by atoms with Gasteiger partial charge in [0, 0.05) is 6.07 Å². The van der Waals surface area contributed by atoms with Gasteiger partial charge in [-0.25, -0.2) is 0 Å². The molecule has 1 aromatic rings. The molecule has 1 aromatic carbocycles. The fraction of sp³-hybridized carbons (Fsp3) is 0.417. The Hall–Kier alpha value is -1.26. The number of aromatic carboxylic acids is 1. The highest BCUT2D eigenvalue weighted by Crippen LogP contribution is 2.15. The first-order valence-electron chi connectivity index (χ1n) is 5.55. The Balaban J connectivity index is 0. The standard InChI is InChI=1S/C7H5NO4.C5H14NO.HI/c9-7(10)5-3-1-2-4-6(5)8(11)12;1-6(2,3)4-5-7;/h1-4H,(H,9,10);7H,4-5H2,1-3H3;1H/q;+1;/p-1. The van der Waals surface area contributed by atoms with Crippen molar-refractivity contribution in [1.29, 1.82) is 0 Å². The molecule has 0 saturated carbocycles. The molecule has 114 valence electrons. The van der Waals surface area contributed by atoms with Crippen LogP contribution in [0.4, 0.5) is 5.69 Å². The third-order valence-corrected chi connectivity index (χ3v) is 2.09. The Morgan fingerprint density at radius 3 is 2.05 bits per heavy atom. The number of carboxylic acid groups (broad SMARTS) is 1. The number of aliphatic hydroxyl groups excluding tert-OH is 1. The van der Waals surface area contributed by atoms with Gasteiger partial charge in [0.05, 0.1) is 44.2 Å². The van der Waals surface area contributed by atoms with Gasteiger partial charge in [0.15, 0.2) is 0 Å². The summed E-state index contributed by atoms with van der Waals surface area (Å²) in [7, 11) is 6.16. The summed E-state index contributed by atoms with van der Waals surface area (Å²) in [5.74, 6) is -1.54. The third kappa shape index (κ3) is 8.77. The Morgan fingerprint density at radius 2 is 1.80 bits per heavy atom. The molecule has 0 amide bonds. The first-order valence-corrected chi connectivity index (χ1v) is 5.55. The summed E-state index contributed by atoms with van der Waals surface area (Å²) in [6, 6.07) is 5.04. The lowest BCUT2D eigenvalue weighted by molar-refractivity contribution is -0.870. The number of carbonyl (C=O) groups excluding carboxylic acids is 1. The minimum absolute atomic E-state index is 0. The van der Waals surface area contributed by atoms with Crippen LogP contribution in [0.15, 0.2) is 24.3 Å². The van der Waals surface area contributed by atoms with Gasteiger partial charge in [-0.1, -0.05) is 12.1 Å². The quantitative estimate of drug-likeness (QED) is 0.339. The van der Waals surface area contributed by atoms with E-state index in [1.54, 1.807) is 0 Å². The van der Waals surface area contributed by atoms with E-state index in [2.05, 4.69) is 21.1 Å². The highest BCUT2D eigenvalue weighted by molar-refractivity contribution is 14.0. The maximum absolute atomic E-state index is 10.3. The molecule has 1 N–H and O–H groups in total. The zero-order valence-electron chi connectivity index (χ0n) is 11.6. The van der Waals surface area contributed by atoms with Gasteiger partial charge in [0.2, 0.25) is 0 Å². The van der Waals surface area contributed by atoms with E-state index in [-0.39, 0.29) is 30.6 Å². The Labute approximate surface area is 134 Å². The third-order valence-electron chi connectivity index (χ3n) is 2.09. The first kappa shape index (κ1) is 21.0. The monoisotopic (exact) mass is 398 g/mol. The Morgan fingerprint density at radius 1 is 1.30 bits per heavy atom. The minimum Gasteiger partial charge on any atom is -0.545 e. The van der Waals surface area contributed by atoms with Crippen LogP contribution in [0.2, 0.25) is 0 Å². The number of halogens is 1. The van der Waals surface area contributed by atoms with Crippen molar-refractivity contribution in [3.63, 3.8) is 0 Å². The van der Waals surface area contributed by atoms with E-state index in [1.807, 2.05) is 0 Å². The van der Waals surface area contributed by atoms with Crippen LogP contribution in [0.3, 0.4) is 0 Å².